The van der Waals surface area contributed by atoms with E-state index in [-0.39, 0.29) is 17.4 Å². The summed E-state index contributed by atoms with van der Waals surface area (Å²) >= 11 is 0. The van der Waals surface area contributed by atoms with Crippen molar-refractivity contribution in [2.24, 2.45) is 18.9 Å². The standard InChI is InChI=1S/C30H35F3N6O2/c1-19-6-5-9-37(14-19)15-20-10-24(30(31,32)33)25-17-38(28(40)39(25)16-20)23-8-4-7-21(11-23)26(22-12-29(2,41)13-22)27-35-34-18-36(27)3/h4,7-8,10-11,16-19,22,26,41H,5-6,9,12-15H2,1-3H3/t19-,22-,26+,29+/m0/s1. The Balaban J connectivity index is 1.42. The smallest absolute Gasteiger partial charge is 0.390 e. The molecule has 0 unspecified atom stereocenters. The third-order valence-electron chi connectivity index (χ3n) is 8.68. The van der Waals surface area contributed by atoms with Crippen LogP contribution in [0.25, 0.3) is 11.2 Å². The number of aliphatic hydroxyl groups is 1. The third kappa shape index (κ3) is 5.32. The maximum atomic E-state index is 14.3. The molecule has 2 aliphatic rings. The Hall–Kier alpha value is -3.44. The van der Waals surface area contributed by atoms with E-state index in [2.05, 4.69) is 22.0 Å². The van der Waals surface area contributed by atoms with Crippen LogP contribution in [0.15, 0.2) is 53.8 Å². The van der Waals surface area contributed by atoms with Crippen molar-refractivity contribution in [1.82, 2.24) is 28.6 Å². The molecular weight excluding hydrogens is 533 g/mol. The number of hydrogen-bond acceptors (Lipinski definition) is 5. The lowest BCUT2D eigenvalue weighted by molar-refractivity contribution is -0.136. The highest BCUT2D eigenvalue weighted by Gasteiger charge is 2.45. The van der Waals surface area contributed by atoms with Crippen molar-refractivity contribution in [3.05, 3.63) is 82.1 Å². The van der Waals surface area contributed by atoms with Gasteiger partial charge in [-0.2, -0.15) is 13.2 Å². The van der Waals surface area contributed by atoms with Gasteiger partial charge in [0.05, 0.1) is 22.4 Å². The number of pyridine rings is 1. The van der Waals surface area contributed by atoms with E-state index in [1.807, 2.05) is 23.7 Å². The molecule has 0 radical (unpaired) electrons. The van der Waals surface area contributed by atoms with Gasteiger partial charge in [0.2, 0.25) is 0 Å². The van der Waals surface area contributed by atoms with Crippen molar-refractivity contribution in [3.63, 3.8) is 0 Å². The Morgan fingerprint density at radius 1 is 1.20 bits per heavy atom. The van der Waals surface area contributed by atoms with Gasteiger partial charge in [-0.05, 0) is 80.3 Å². The highest BCUT2D eigenvalue weighted by Crippen LogP contribution is 2.48. The predicted octanol–water partition coefficient (Wildman–Crippen LogP) is 4.76. The Morgan fingerprint density at radius 3 is 2.63 bits per heavy atom. The summed E-state index contributed by atoms with van der Waals surface area (Å²) in [6.45, 7) is 5.97. The maximum Gasteiger partial charge on any atom is 0.418 e. The molecule has 0 spiro atoms. The fourth-order valence-electron chi connectivity index (χ4n) is 6.81. The van der Waals surface area contributed by atoms with Crippen LogP contribution in [0, 0.1) is 11.8 Å². The minimum Gasteiger partial charge on any atom is -0.390 e. The van der Waals surface area contributed by atoms with E-state index in [1.165, 1.54) is 16.8 Å². The minimum absolute atomic E-state index is 0.102. The van der Waals surface area contributed by atoms with Crippen molar-refractivity contribution in [1.29, 1.82) is 0 Å². The van der Waals surface area contributed by atoms with E-state index in [1.54, 1.807) is 31.6 Å². The van der Waals surface area contributed by atoms with Gasteiger partial charge in [0.25, 0.3) is 0 Å². The molecule has 0 amide bonds. The first-order chi connectivity index (χ1) is 19.4. The predicted molar refractivity (Wildman–Crippen MR) is 148 cm³/mol. The van der Waals surface area contributed by atoms with Crippen molar-refractivity contribution in [3.8, 4) is 5.69 Å². The van der Waals surface area contributed by atoms with Gasteiger partial charge in [0, 0.05) is 38.4 Å². The molecule has 2 atom stereocenters. The summed E-state index contributed by atoms with van der Waals surface area (Å²) in [5.41, 5.74) is -0.519. The second-order valence-corrected chi connectivity index (χ2v) is 12.3. The van der Waals surface area contributed by atoms with Gasteiger partial charge in [0.15, 0.2) is 0 Å². The summed E-state index contributed by atoms with van der Waals surface area (Å²) in [5, 5.41) is 18.8. The maximum absolute atomic E-state index is 14.3. The Morgan fingerprint density at radius 2 is 1.98 bits per heavy atom. The summed E-state index contributed by atoms with van der Waals surface area (Å²) < 4.78 is 47.1. The largest absolute Gasteiger partial charge is 0.418 e. The Bertz CT molecular complexity index is 1630. The number of benzene rings is 1. The van der Waals surface area contributed by atoms with Gasteiger partial charge in [-0.1, -0.05) is 19.1 Å². The number of likely N-dealkylation sites (tertiary alicyclic amines) is 1. The van der Waals surface area contributed by atoms with Gasteiger partial charge in [-0.3, -0.25) is 13.9 Å². The van der Waals surface area contributed by atoms with Crippen LogP contribution < -0.4 is 5.69 Å². The number of nitrogens with zero attached hydrogens (tertiary/aromatic N) is 6. The lowest BCUT2D eigenvalue weighted by Crippen LogP contribution is -2.44. The van der Waals surface area contributed by atoms with Crippen LogP contribution >= 0.6 is 0 Å². The van der Waals surface area contributed by atoms with Crippen LogP contribution in [0.2, 0.25) is 0 Å². The van der Waals surface area contributed by atoms with Crippen LogP contribution in [-0.2, 0) is 19.8 Å². The molecular formula is C30H35F3N6O2. The highest BCUT2D eigenvalue weighted by atomic mass is 19.4. The van der Waals surface area contributed by atoms with Crippen LogP contribution in [-0.4, -0.2) is 52.4 Å². The summed E-state index contributed by atoms with van der Waals surface area (Å²) in [7, 11) is 1.86. The lowest BCUT2D eigenvalue weighted by Gasteiger charge is -2.44. The van der Waals surface area contributed by atoms with E-state index >= 15 is 0 Å². The normalized spacial score (nSPS) is 24.5. The number of imidazole rings is 1. The molecule has 1 saturated heterocycles. The van der Waals surface area contributed by atoms with Crippen molar-refractivity contribution < 1.29 is 18.3 Å². The second-order valence-electron chi connectivity index (χ2n) is 12.3. The zero-order valence-corrected chi connectivity index (χ0v) is 23.5. The summed E-state index contributed by atoms with van der Waals surface area (Å²) in [6.07, 6.45) is 3.12. The van der Waals surface area contributed by atoms with Gasteiger partial charge in [0.1, 0.15) is 12.2 Å². The van der Waals surface area contributed by atoms with Gasteiger partial charge < -0.3 is 9.67 Å². The number of rotatable bonds is 6. The van der Waals surface area contributed by atoms with Crippen LogP contribution in [0.4, 0.5) is 13.2 Å². The molecule has 8 nitrogen and oxygen atoms in total. The van der Waals surface area contributed by atoms with Gasteiger partial charge in [-0.15, -0.1) is 10.2 Å². The number of alkyl halides is 3. The average molecular weight is 569 g/mol. The zero-order chi connectivity index (χ0) is 29.1. The highest BCUT2D eigenvalue weighted by molar-refractivity contribution is 5.58. The number of hydrogen-bond donors (Lipinski definition) is 1. The quantitative estimate of drug-likeness (QED) is 0.363. The summed E-state index contributed by atoms with van der Waals surface area (Å²) in [4.78, 5) is 15.8. The molecule has 4 aromatic rings. The lowest BCUT2D eigenvalue weighted by atomic mass is 9.64. The average Bonchev–Trinajstić information content (AvgIpc) is 3.45. The first-order valence-electron chi connectivity index (χ1n) is 14.1. The van der Waals surface area contributed by atoms with Crippen LogP contribution in [0.5, 0.6) is 0 Å². The molecule has 4 heterocycles. The van der Waals surface area contributed by atoms with E-state index < -0.39 is 23.0 Å². The number of piperidine rings is 1. The summed E-state index contributed by atoms with van der Waals surface area (Å²) in [6, 6.07) is 8.46. The number of aryl methyl sites for hydroxylation is 1. The fourth-order valence-corrected chi connectivity index (χ4v) is 6.81. The number of halogens is 3. The molecule has 11 heteroatoms. The van der Waals surface area contributed by atoms with E-state index in [0.29, 0.717) is 36.6 Å². The number of aromatic nitrogens is 5. The molecule has 6 rings (SSSR count). The molecule has 1 aliphatic carbocycles. The molecule has 2 fully saturated rings. The molecule has 41 heavy (non-hydrogen) atoms. The number of fused-ring (bicyclic) bond motifs is 1. The van der Waals surface area contributed by atoms with Gasteiger partial charge in [-0.25, -0.2) is 4.79 Å². The van der Waals surface area contributed by atoms with Crippen molar-refractivity contribution in [2.75, 3.05) is 13.1 Å². The molecule has 1 saturated carbocycles. The third-order valence-corrected chi connectivity index (χ3v) is 8.68. The van der Waals surface area contributed by atoms with E-state index in [4.69, 9.17) is 0 Å². The molecule has 0 bridgehead atoms. The van der Waals surface area contributed by atoms with Gasteiger partial charge >= 0.3 is 11.9 Å². The monoisotopic (exact) mass is 568 g/mol. The van der Waals surface area contributed by atoms with E-state index in [9.17, 15) is 23.1 Å². The SMILES string of the molecule is C[C@H]1CCCN(Cc2cc(C(F)(F)F)c3cn(-c4cccc([C@@H](c5nncn5C)[C@H]5C[C@@](C)(O)C5)c4)c(=O)n3c2)C1. The van der Waals surface area contributed by atoms with Crippen LogP contribution in [0.1, 0.15) is 68.0 Å². The fraction of sp³-hybridized carbons (Fsp3) is 0.500. The minimum atomic E-state index is -4.62. The summed E-state index contributed by atoms with van der Waals surface area (Å²) in [5.74, 6) is 1.12. The molecule has 1 N–H and O–H groups in total. The Kier molecular flexibility index (Phi) is 6.85. The topological polar surface area (TPSA) is 80.6 Å². The zero-order valence-electron chi connectivity index (χ0n) is 23.5. The van der Waals surface area contributed by atoms with E-state index in [0.717, 1.165) is 41.7 Å². The molecule has 3 aromatic heterocycles. The molecule has 1 aliphatic heterocycles. The first-order valence-corrected chi connectivity index (χ1v) is 14.1. The van der Waals surface area contributed by atoms with Crippen LogP contribution in [0.3, 0.4) is 0 Å². The second kappa shape index (κ2) is 10.1. The first kappa shape index (κ1) is 27.7. The van der Waals surface area contributed by atoms with Crippen molar-refractivity contribution in [2.45, 2.75) is 63.8 Å². The molecule has 218 valence electrons. The van der Waals surface area contributed by atoms with Crippen molar-refractivity contribution >= 4 is 5.52 Å². The Labute approximate surface area is 236 Å². The molecule has 1 aromatic carbocycles.